The highest BCUT2D eigenvalue weighted by Gasteiger charge is 2.22. The van der Waals surface area contributed by atoms with E-state index in [1.165, 1.54) is 0 Å². The average molecular weight is 367 g/mol. The molecule has 0 fully saturated rings. The number of hydrogen-bond acceptors (Lipinski definition) is 3. The van der Waals surface area contributed by atoms with Crippen molar-refractivity contribution in [2.75, 3.05) is 0 Å². The minimum absolute atomic E-state index is 0.0777. The molecule has 0 bridgehead atoms. The predicted octanol–water partition coefficient (Wildman–Crippen LogP) is 4.69. The Morgan fingerprint density at radius 3 is 1.57 bits per heavy atom. The molecule has 0 saturated heterocycles. The molecule has 0 saturated carbocycles. The third-order valence-electron chi connectivity index (χ3n) is 4.29. The lowest BCUT2D eigenvalue weighted by Gasteiger charge is -2.12. The predicted molar refractivity (Wildman–Crippen MR) is 109 cm³/mol. The van der Waals surface area contributed by atoms with Crippen LogP contribution < -0.4 is 0 Å². The van der Waals surface area contributed by atoms with Gasteiger partial charge in [0.1, 0.15) is 5.70 Å². The fraction of sp³-hybridized carbons (Fsp3) is 0. The van der Waals surface area contributed by atoms with Gasteiger partial charge in [0.05, 0.1) is 0 Å². The zero-order chi connectivity index (χ0) is 19.3. The molecule has 0 radical (unpaired) electrons. The standard InChI is InChI=1S/C23H17N3O2/c27-23(28)20(16-17-10-4-1-5-11-17)26-21(18-12-6-2-7-13-18)24-25-22(26)19-14-8-3-9-15-19/h1-16H,(H,27,28). The number of nitrogens with zero attached hydrogens (tertiary/aromatic N) is 3. The SMILES string of the molecule is O=C(O)C(=Cc1ccccc1)n1c(-c2ccccc2)nnc1-c1ccccc1. The molecule has 5 heteroatoms. The van der Waals surface area contributed by atoms with Gasteiger partial charge in [0, 0.05) is 11.1 Å². The van der Waals surface area contributed by atoms with Gasteiger partial charge in [0.25, 0.3) is 0 Å². The van der Waals surface area contributed by atoms with E-state index in [0.717, 1.165) is 16.7 Å². The first-order valence-corrected chi connectivity index (χ1v) is 8.81. The lowest BCUT2D eigenvalue weighted by molar-refractivity contribution is -0.130. The summed E-state index contributed by atoms with van der Waals surface area (Å²) in [6, 6.07) is 28.2. The van der Waals surface area contributed by atoms with E-state index < -0.39 is 5.97 Å². The van der Waals surface area contributed by atoms with Crippen LogP contribution in [0.5, 0.6) is 0 Å². The van der Waals surface area contributed by atoms with E-state index in [0.29, 0.717) is 11.6 Å². The van der Waals surface area contributed by atoms with E-state index in [1.807, 2.05) is 91.0 Å². The summed E-state index contributed by atoms with van der Waals surface area (Å²) in [5, 5.41) is 18.6. The summed E-state index contributed by atoms with van der Waals surface area (Å²) in [6.07, 6.45) is 1.63. The van der Waals surface area contributed by atoms with Crippen molar-refractivity contribution in [1.29, 1.82) is 0 Å². The maximum atomic E-state index is 12.2. The molecule has 0 aliphatic heterocycles. The molecule has 0 amide bonds. The van der Waals surface area contributed by atoms with Crippen LogP contribution in [-0.4, -0.2) is 25.8 Å². The van der Waals surface area contributed by atoms with Gasteiger partial charge in [-0.25, -0.2) is 4.79 Å². The van der Waals surface area contributed by atoms with Crippen molar-refractivity contribution in [3.8, 4) is 22.8 Å². The average Bonchev–Trinajstić information content (AvgIpc) is 3.18. The summed E-state index contributed by atoms with van der Waals surface area (Å²) in [4.78, 5) is 12.2. The number of carboxylic acids is 1. The van der Waals surface area contributed by atoms with Crippen molar-refractivity contribution in [2.45, 2.75) is 0 Å². The van der Waals surface area contributed by atoms with Gasteiger partial charge in [-0.1, -0.05) is 91.0 Å². The summed E-state index contributed by atoms with van der Waals surface area (Å²) >= 11 is 0. The Balaban J connectivity index is 1.98. The van der Waals surface area contributed by atoms with Gasteiger partial charge in [-0.05, 0) is 11.6 Å². The second-order valence-corrected chi connectivity index (χ2v) is 6.16. The summed E-state index contributed by atoms with van der Waals surface area (Å²) < 4.78 is 1.60. The first-order valence-electron chi connectivity index (χ1n) is 8.81. The van der Waals surface area contributed by atoms with Gasteiger partial charge in [0.15, 0.2) is 11.6 Å². The van der Waals surface area contributed by atoms with Crippen LogP contribution in [0.25, 0.3) is 34.5 Å². The number of rotatable bonds is 5. The fourth-order valence-corrected chi connectivity index (χ4v) is 2.99. The summed E-state index contributed by atoms with van der Waals surface area (Å²) in [5.74, 6) is -0.105. The number of carbonyl (C=O) groups is 1. The van der Waals surface area contributed by atoms with Crippen molar-refractivity contribution >= 4 is 17.7 Å². The Morgan fingerprint density at radius 1 is 0.714 bits per heavy atom. The van der Waals surface area contributed by atoms with Crippen LogP contribution in [0.3, 0.4) is 0 Å². The number of aromatic nitrogens is 3. The largest absolute Gasteiger partial charge is 0.477 e. The molecule has 1 aromatic heterocycles. The highest BCUT2D eigenvalue weighted by molar-refractivity contribution is 6.15. The van der Waals surface area contributed by atoms with Crippen LogP contribution in [0.4, 0.5) is 0 Å². The molecule has 0 unspecified atom stereocenters. The first kappa shape index (κ1) is 17.4. The van der Waals surface area contributed by atoms with E-state index in [1.54, 1.807) is 10.6 Å². The van der Waals surface area contributed by atoms with Gasteiger partial charge < -0.3 is 5.11 Å². The first-order chi connectivity index (χ1) is 13.7. The van der Waals surface area contributed by atoms with Crippen molar-refractivity contribution < 1.29 is 9.90 Å². The molecule has 4 aromatic rings. The molecule has 5 nitrogen and oxygen atoms in total. The maximum Gasteiger partial charge on any atom is 0.352 e. The molecule has 0 spiro atoms. The minimum Gasteiger partial charge on any atom is -0.477 e. The third-order valence-corrected chi connectivity index (χ3v) is 4.29. The van der Waals surface area contributed by atoms with Gasteiger partial charge in [-0.15, -0.1) is 10.2 Å². The topological polar surface area (TPSA) is 68.0 Å². The molecule has 0 aliphatic carbocycles. The third kappa shape index (κ3) is 3.46. The Morgan fingerprint density at radius 2 is 1.14 bits per heavy atom. The van der Waals surface area contributed by atoms with Crippen LogP contribution in [0.15, 0.2) is 91.0 Å². The number of hydrogen-bond donors (Lipinski definition) is 1. The molecule has 1 heterocycles. The van der Waals surface area contributed by atoms with Crippen molar-refractivity contribution in [1.82, 2.24) is 14.8 Å². The van der Waals surface area contributed by atoms with Gasteiger partial charge in [0.2, 0.25) is 0 Å². The fourth-order valence-electron chi connectivity index (χ4n) is 2.99. The summed E-state index contributed by atoms with van der Waals surface area (Å²) in [5.41, 5.74) is 2.44. The highest BCUT2D eigenvalue weighted by Crippen LogP contribution is 2.29. The van der Waals surface area contributed by atoms with Crippen LogP contribution in [-0.2, 0) is 4.79 Å². The van der Waals surface area contributed by atoms with Gasteiger partial charge in [-0.3, -0.25) is 4.57 Å². The Hall–Kier alpha value is -3.99. The molecule has 0 atom stereocenters. The second kappa shape index (κ2) is 7.72. The van der Waals surface area contributed by atoms with E-state index in [2.05, 4.69) is 10.2 Å². The molecular weight excluding hydrogens is 350 g/mol. The van der Waals surface area contributed by atoms with E-state index >= 15 is 0 Å². The summed E-state index contributed by atoms with van der Waals surface area (Å²) in [7, 11) is 0. The molecule has 136 valence electrons. The van der Waals surface area contributed by atoms with Crippen molar-refractivity contribution in [3.05, 3.63) is 96.6 Å². The zero-order valence-corrected chi connectivity index (χ0v) is 14.9. The monoisotopic (exact) mass is 367 g/mol. The lowest BCUT2D eigenvalue weighted by Crippen LogP contribution is -2.11. The zero-order valence-electron chi connectivity index (χ0n) is 14.9. The molecule has 28 heavy (non-hydrogen) atoms. The molecule has 0 aliphatic rings. The highest BCUT2D eigenvalue weighted by atomic mass is 16.4. The van der Waals surface area contributed by atoms with E-state index in [4.69, 9.17) is 0 Å². The quantitative estimate of drug-likeness (QED) is 0.519. The van der Waals surface area contributed by atoms with Crippen LogP contribution in [0.2, 0.25) is 0 Å². The van der Waals surface area contributed by atoms with Crippen LogP contribution in [0, 0.1) is 0 Å². The Kier molecular flexibility index (Phi) is 4.80. The van der Waals surface area contributed by atoms with Crippen molar-refractivity contribution in [3.63, 3.8) is 0 Å². The van der Waals surface area contributed by atoms with Crippen LogP contribution >= 0.6 is 0 Å². The van der Waals surface area contributed by atoms with Gasteiger partial charge >= 0.3 is 5.97 Å². The number of carboxylic acid groups (broad SMARTS) is 1. The van der Waals surface area contributed by atoms with Gasteiger partial charge in [-0.2, -0.15) is 0 Å². The molecule has 3 aromatic carbocycles. The van der Waals surface area contributed by atoms with Crippen LogP contribution in [0.1, 0.15) is 5.56 Å². The smallest absolute Gasteiger partial charge is 0.352 e. The minimum atomic E-state index is -1.06. The number of benzene rings is 3. The normalized spacial score (nSPS) is 11.4. The summed E-state index contributed by atoms with van der Waals surface area (Å²) in [6.45, 7) is 0. The second-order valence-electron chi connectivity index (χ2n) is 6.16. The Labute approximate surface area is 162 Å². The van der Waals surface area contributed by atoms with Crippen molar-refractivity contribution in [2.24, 2.45) is 0 Å². The number of aliphatic carboxylic acids is 1. The molecule has 1 N–H and O–H groups in total. The van der Waals surface area contributed by atoms with E-state index in [9.17, 15) is 9.90 Å². The maximum absolute atomic E-state index is 12.2. The molecule has 4 rings (SSSR count). The van der Waals surface area contributed by atoms with E-state index in [-0.39, 0.29) is 5.70 Å². The Bertz CT molecular complexity index is 1060. The molecular formula is C23H17N3O2. The lowest BCUT2D eigenvalue weighted by atomic mass is 10.1.